The second-order valence-electron chi connectivity index (χ2n) is 6.10. The van der Waals surface area contributed by atoms with E-state index in [9.17, 15) is 9.59 Å². The van der Waals surface area contributed by atoms with Crippen molar-refractivity contribution < 1.29 is 9.53 Å². The monoisotopic (exact) mass is 409 g/mol. The van der Waals surface area contributed by atoms with Crippen molar-refractivity contribution in [3.05, 3.63) is 69.7 Å². The van der Waals surface area contributed by atoms with Gasteiger partial charge in [-0.15, -0.1) is 0 Å². The maximum atomic E-state index is 12.8. The van der Waals surface area contributed by atoms with E-state index in [4.69, 9.17) is 22.1 Å². The Bertz CT molecular complexity index is 1300. The van der Waals surface area contributed by atoms with Crippen LogP contribution in [0.4, 0.5) is 0 Å². The maximum Gasteiger partial charge on any atom is 0.332 e. The molecule has 2 aromatic carbocycles. The highest BCUT2D eigenvalue weighted by Gasteiger charge is 2.22. The summed E-state index contributed by atoms with van der Waals surface area (Å²) < 4.78 is 6.97. The number of H-pyrrole nitrogens is 1. The summed E-state index contributed by atoms with van der Waals surface area (Å²) in [5.74, 6) is -0.118. The van der Waals surface area contributed by atoms with Gasteiger partial charge in [-0.1, -0.05) is 35.9 Å². The first-order valence-electron chi connectivity index (χ1n) is 8.81. The highest BCUT2D eigenvalue weighted by atomic mass is 35.5. The summed E-state index contributed by atoms with van der Waals surface area (Å²) in [4.78, 5) is 36.2. The number of amides is 1. The van der Waals surface area contributed by atoms with Crippen molar-refractivity contribution in [2.45, 2.75) is 6.92 Å². The molecular formula is C20H16ClN5O3. The number of aromatic amines is 1. The molecule has 0 bridgehead atoms. The topological polar surface area (TPSA) is 116 Å². The van der Waals surface area contributed by atoms with Gasteiger partial charge in [0, 0.05) is 5.56 Å². The molecule has 2 aromatic heterocycles. The standard InChI is InChI=1S/C20H16ClN5O3/c1-2-29-14-10-6-5-9-13(14)26-19-16(24-20(26)28)15(17(22)27)23-18(25-19)11-7-3-4-8-12(11)21/h3-10H,2H2,1H3,(H2,22,27)(H,24,28). The zero-order valence-corrected chi connectivity index (χ0v) is 16.1. The minimum atomic E-state index is -0.794. The number of primary amides is 1. The molecule has 0 aliphatic carbocycles. The molecule has 1 amide bonds. The Morgan fingerprint density at radius 3 is 2.62 bits per heavy atom. The Balaban J connectivity index is 2.08. The van der Waals surface area contributed by atoms with Crippen LogP contribution in [-0.4, -0.2) is 32.0 Å². The van der Waals surface area contributed by atoms with Crippen LogP contribution in [0.2, 0.25) is 5.02 Å². The number of nitrogens with zero attached hydrogens (tertiary/aromatic N) is 3. The van der Waals surface area contributed by atoms with Crippen molar-refractivity contribution in [3.8, 4) is 22.8 Å². The van der Waals surface area contributed by atoms with Gasteiger partial charge in [-0.2, -0.15) is 0 Å². The average molecular weight is 410 g/mol. The van der Waals surface area contributed by atoms with E-state index in [0.29, 0.717) is 28.6 Å². The second kappa shape index (κ2) is 7.40. The lowest BCUT2D eigenvalue weighted by atomic mass is 10.2. The van der Waals surface area contributed by atoms with Crippen LogP contribution in [-0.2, 0) is 0 Å². The molecule has 0 aliphatic rings. The molecule has 146 valence electrons. The van der Waals surface area contributed by atoms with E-state index in [-0.39, 0.29) is 22.7 Å². The highest BCUT2D eigenvalue weighted by molar-refractivity contribution is 6.33. The van der Waals surface area contributed by atoms with Gasteiger partial charge < -0.3 is 15.5 Å². The number of carbonyl (C=O) groups excluding carboxylic acids is 1. The van der Waals surface area contributed by atoms with Crippen molar-refractivity contribution in [1.29, 1.82) is 0 Å². The molecule has 0 radical (unpaired) electrons. The maximum absolute atomic E-state index is 12.8. The number of rotatable bonds is 5. The molecule has 9 heteroatoms. The molecule has 4 aromatic rings. The first-order chi connectivity index (χ1) is 14.0. The molecule has 29 heavy (non-hydrogen) atoms. The predicted octanol–water partition coefficient (Wildman–Crippen LogP) is 2.93. The minimum Gasteiger partial charge on any atom is -0.492 e. The van der Waals surface area contributed by atoms with E-state index in [1.54, 1.807) is 48.5 Å². The third kappa shape index (κ3) is 3.23. The molecule has 8 nitrogen and oxygen atoms in total. The Hall–Kier alpha value is -3.65. The Labute approximate surface area is 169 Å². The molecule has 0 spiro atoms. The van der Waals surface area contributed by atoms with Crippen LogP contribution >= 0.6 is 11.6 Å². The van der Waals surface area contributed by atoms with Crippen molar-refractivity contribution >= 4 is 28.7 Å². The van der Waals surface area contributed by atoms with Crippen molar-refractivity contribution in [3.63, 3.8) is 0 Å². The molecule has 2 heterocycles. The fourth-order valence-electron chi connectivity index (χ4n) is 3.07. The summed E-state index contributed by atoms with van der Waals surface area (Å²) in [6, 6.07) is 14.0. The minimum absolute atomic E-state index is 0.102. The second-order valence-corrected chi connectivity index (χ2v) is 6.51. The SMILES string of the molecule is CCOc1ccccc1-n1c(=O)[nH]c2c(C(N)=O)nc(-c3ccccc3Cl)nc21. The summed E-state index contributed by atoms with van der Waals surface area (Å²) in [6.45, 7) is 2.26. The first kappa shape index (κ1) is 18.7. The molecule has 4 rings (SSSR count). The van der Waals surface area contributed by atoms with Crippen LogP contribution in [0.3, 0.4) is 0 Å². The lowest BCUT2D eigenvalue weighted by Crippen LogP contribution is -2.16. The van der Waals surface area contributed by atoms with Crippen molar-refractivity contribution in [1.82, 2.24) is 19.5 Å². The van der Waals surface area contributed by atoms with E-state index in [1.807, 2.05) is 6.92 Å². The molecule has 3 N–H and O–H groups in total. The number of benzene rings is 2. The lowest BCUT2D eigenvalue weighted by Gasteiger charge is -2.11. The fourth-order valence-corrected chi connectivity index (χ4v) is 3.29. The third-order valence-electron chi connectivity index (χ3n) is 4.29. The van der Waals surface area contributed by atoms with Gasteiger partial charge in [-0.3, -0.25) is 4.79 Å². The number of para-hydroxylation sites is 2. The van der Waals surface area contributed by atoms with Gasteiger partial charge in [-0.25, -0.2) is 19.3 Å². The van der Waals surface area contributed by atoms with E-state index < -0.39 is 11.6 Å². The quantitative estimate of drug-likeness (QED) is 0.525. The van der Waals surface area contributed by atoms with Gasteiger partial charge in [0.05, 0.1) is 17.3 Å². The molecule has 0 unspecified atom stereocenters. The number of nitrogens with two attached hydrogens (primary N) is 1. The third-order valence-corrected chi connectivity index (χ3v) is 4.62. The number of carbonyl (C=O) groups is 1. The van der Waals surface area contributed by atoms with E-state index >= 15 is 0 Å². The van der Waals surface area contributed by atoms with E-state index in [0.717, 1.165) is 0 Å². The lowest BCUT2D eigenvalue weighted by molar-refractivity contribution is 0.0997. The van der Waals surface area contributed by atoms with Gasteiger partial charge in [-0.05, 0) is 31.2 Å². The van der Waals surface area contributed by atoms with Gasteiger partial charge >= 0.3 is 5.69 Å². The summed E-state index contributed by atoms with van der Waals surface area (Å²) in [5.41, 5.74) is 6.25. The van der Waals surface area contributed by atoms with Crippen molar-refractivity contribution in [2.24, 2.45) is 5.73 Å². The van der Waals surface area contributed by atoms with Gasteiger partial charge in [0.15, 0.2) is 17.2 Å². The van der Waals surface area contributed by atoms with Gasteiger partial charge in [0.2, 0.25) is 0 Å². The highest BCUT2D eigenvalue weighted by Crippen LogP contribution is 2.29. The molecular weight excluding hydrogens is 394 g/mol. The number of hydrogen-bond donors (Lipinski definition) is 2. The zero-order chi connectivity index (χ0) is 20.5. The van der Waals surface area contributed by atoms with Crippen LogP contribution in [0.5, 0.6) is 5.75 Å². The zero-order valence-electron chi connectivity index (χ0n) is 15.3. The number of fused-ring (bicyclic) bond motifs is 1. The first-order valence-corrected chi connectivity index (χ1v) is 9.18. The summed E-state index contributed by atoms with van der Waals surface area (Å²) >= 11 is 6.28. The molecule has 0 aliphatic heterocycles. The Morgan fingerprint density at radius 1 is 1.17 bits per heavy atom. The van der Waals surface area contributed by atoms with Gasteiger partial charge in [0.1, 0.15) is 11.3 Å². The number of aromatic nitrogens is 4. The molecule has 0 fully saturated rings. The van der Waals surface area contributed by atoms with Crippen molar-refractivity contribution in [2.75, 3.05) is 6.61 Å². The van der Waals surface area contributed by atoms with E-state index in [2.05, 4.69) is 15.0 Å². The van der Waals surface area contributed by atoms with Crippen LogP contribution in [0.25, 0.3) is 28.2 Å². The van der Waals surface area contributed by atoms with Crippen LogP contribution in [0.1, 0.15) is 17.4 Å². The number of halogens is 1. The molecule has 0 atom stereocenters. The normalized spacial score (nSPS) is 11.0. The molecule has 0 saturated carbocycles. The fraction of sp³-hybridized carbons (Fsp3) is 0.100. The molecule has 0 saturated heterocycles. The summed E-state index contributed by atoms with van der Waals surface area (Å²) in [6.07, 6.45) is 0. The van der Waals surface area contributed by atoms with Crippen LogP contribution in [0.15, 0.2) is 53.3 Å². The Kier molecular flexibility index (Phi) is 4.77. The Morgan fingerprint density at radius 2 is 1.90 bits per heavy atom. The summed E-state index contributed by atoms with van der Waals surface area (Å²) in [7, 11) is 0. The number of hydrogen-bond acceptors (Lipinski definition) is 5. The number of nitrogens with one attached hydrogen (secondary N) is 1. The van der Waals surface area contributed by atoms with Crippen LogP contribution in [0, 0.1) is 0 Å². The average Bonchev–Trinajstić information content (AvgIpc) is 3.03. The van der Waals surface area contributed by atoms with E-state index in [1.165, 1.54) is 4.57 Å². The smallest absolute Gasteiger partial charge is 0.332 e. The largest absolute Gasteiger partial charge is 0.492 e. The summed E-state index contributed by atoms with van der Waals surface area (Å²) in [5, 5.41) is 0.404. The number of imidazole rings is 1. The predicted molar refractivity (Wildman–Crippen MR) is 110 cm³/mol. The van der Waals surface area contributed by atoms with Crippen LogP contribution < -0.4 is 16.2 Å². The number of ether oxygens (including phenoxy) is 1. The van der Waals surface area contributed by atoms with Gasteiger partial charge in [0.25, 0.3) is 5.91 Å².